The Morgan fingerprint density at radius 1 is 1.00 bits per heavy atom. The summed E-state index contributed by atoms with van der Waals surface area (Å²) in [6.45, 7) is 2.78. The fraction of sp³-hybridized carbons (Fsp3) is 0.231. The Kier molecular flexibility index (Phi) is 4.36. The SMILES string of the molecule is CCCOc1ccc(Oc2ccc(Cl)nn2)cc1. The summed E-state index contributed by atoms with van der Waals surface area (Å²) < 4.78 is 11.0. The van der Waals surface area contributed by atoms with Crippen molar-refractivity contribution in [2.45, 2.75) is 13.3 Å². The van der Waals surface area contributed by atoms with Crippen molar-refractivity contribution in [3.63, 3.8) is 0 Å². The molecule has 0 atom stereocenters. The van der Waals surface area contributed by atoms with Gasteiger partial charge in [0.05, 0.1) is 6.61 Å². The van der Waals surface area contributed by atoms with Gasteiger partial charge in [-0.25, -0.2) is 0 Å². The van der Waals surface area contributed by atoms with E-state index in [1.54, 1.807) is 12.1 Å². The quantitative estimate of drug-likeness (QED) is 0.826. The summed E-state index contributed by atoms with van der Waals surface area (Å²) in [6, 6.07) is 10.6. The summed E-state index contributed by atoms with van der Waals surface area (Å²) in [5.41, 5.74) is 0. The molecular formula is C13H13ClN2O2. The molecule has 0 saturated carbocycles. The van der Waals surface area contributed by atoms with Gasteiger partial charge in [0, 0.05) is 6.07 Å². The van der Waals surface area contributed by atoms with E-state index >= 15 is 0 Å². The Balaban J connectivity index is 1.99. The van der Waals surface area contributed by atoms with Crippen molar-refractivity contribution >= 4 is 11.6 Å². The third kappa shape index (κ3) is 3.60. The lowest BCUT2D eigenvalue weighted by Crippen LogP contribution is -1.95. The Morgan fingerprint density at radius 2 is 1.72 bits per heavy atom. The largest absolute Gasteiger partial charge is 0.494 e. The number of rotatable bonds is 5. The molecule has 0 aliphatic heterocycles. The lowest BCUT2D eigenvalue weighted by atomic mass is 10.3. The molecule has 1 heterocycles. The summed E-state index contributed by atoms with van der Waals surface area (Å²) >= 11 is 5.64. The molecule has 0 aliphatic carbocycles. The fourth-order valence-electron chi connectivity index (χ4n) is 1.30. The molecule has 0 amide bonds. The van der Waals surface area contributed by atoms with Gasteiger partial charge in [-0.2, -0.15) is 0 Å². The van der Waals surface area contributed by atoms with E-state index in [2.05, 4.69) is 17.1 Å². The summed E-state index contributed by atoms with van der Waals surface area (Å²) in [6.07, 6.45) is 0.985. The number of ether oxygens (including phenoxy) is 2. The molecule has 2 rings (SSSR count). The van der Waals surface area contributed by atoms with Crippen molar-refractivity contribution in [2.24, 2.45) is 0 Å². The first-order valence-corrected chi connectivity index (χ1v) is 6.05. The minimum absolute atomic E-state index is 0.339. The zero-order chi connectivity index (χ0) is 12.8. The number of halogens is 1. The van der Waals surface area contributed by atoms with E-state index in [0.717, 1.165) is 12.2 Å². The van der Waals surface area contributed by atoms with Crippen LogP contribution in [-0.2, 0) is 0 Å². The predicted octanol–water partition coefficient (Wildman–Crippen LogP) is 3.71. The van der Waals surface area contributed by atoms with Crippen LogP contribution < -0.4 is 9.47 Å². The van der Waals surface area contributed by atoms with Crippen LogP contribution >= 0.6 is 11.6 Å². The summed E-state index contributed by atoms with van der Waals surface area (Å²) in [7, 11) is 0. The average molecular weight is 265 g/mol. The second-order valence-corrected chi connectivity index (χ2v) is 4.00. The predicted molar refractivity (Wildman–Crippen MR) is 69.3 cm³/mol. The second-order valence-electron chi connectivity index (χ2n) is 3.62. The zero-order valence-corrected chi connectivity index (χ0v) is 10.7. The molecule has 94 valence electrons. The maximum Gasteiger partial charge on any atom is 0.238 e. The van der Waals surface area contributed by atoms with Crippen LogP contribution in [0.3, 0.4) is 0 Å². The third-order valence-electron chi connectivity index (χ3n) is 2.13. The molecule has 0 N–H and O–H groups in total. The molecule has 2 aromatic rings. The van der Waals surface area contributed by atoms with Crippen molar-refractivity contribution in [2.75, 3.05) is 6.61 Å². The van der Waals surface area contributed by atoms with Crippen LogP contribution in [0.2, 0.25) is 5.15 Å². The van der Waals surface area contributed by atoms with E-state index in [4.69, 9.17) is 21.1 Å². The van der Waals surface area contributed by atoms with Gasteiger partial charge in [-0.1, -0.05) is 18.5 Å². The number of nitrogens with zero attached hydrogens (tertiary/aromatic N) is 2. The molecule has 4 nitrogen and oxygen atoms in total. The van der Waals surface area contributed by atoms with Gasteiger partial charge in [-0.15, -0.1) is 10.2 Å². The first kappa shape index (κ1) is 12.6. The lowest BCUT2D eigenvalue weighted by Gasteiger charge is -2.06. The van der Waals surface area contributed by atoms with Gasteiger partial charge in [0.15, 0.2) is 5.15 Å². The van der Waals surface area contributed by atoms with Gasteiger partial charge >= 0.3 is 0 Å². The molecule has 0 radical (unpaired) electrons. The Morgan fingerprint density at radius 3 is 2.33 bits per heavy atom. The normalized spacial score (nSPS) is 10.1. The lowest BCUT2D eigenvalue weighted by molar-refractivity contribution is 0.317. The van der Waals surface area contributed by atoms with Crippen molar-refractivity contribution in [3.05, 3.63) is 41.6 Å². The number of hydrogen-bond donors (Lipinski definition) is 0. The topological polar surface area (TPSA) is 44.2 Å². The van der Waals surface area contributed by atoms with Gasteiger partial charge in [0.1, 0.15) is 11.5 Å². The van der Waals surface area contributed by atoms with Gasteiger partial charge in [0.2, 0.25) is 5.88 Å². The monoisotopic (exact) mass is 264 g/mol. The molecule has 0 unspecified atom stereocenters. The first-order valence-electron chi connectivity index (χ1n) is 5.68. The van der Waals surface area contributed by atoms with Crippen LogP contribution in [0.15, 0.2) is 36.4 Å². The number of benzene rings is 1. The van der Waals surface area contributed by atoms with Gasteiger partial charge in [0.25, 0.3) is 0 Å². The van der Waals surface area contributed by atoms with Crippen LogP contribution in [0.1, 0.15) is 13.3 Å². The molecule has 0 bridgehead atoms. The molecule has 0 spiro atoms. The molecule has 0 aliphatic rings. The first-order chi connectivity index (χ1) is 8.78. The van der Waals surface area contributed by atoms with Crippen LogP contribution in [0.4, 0.5) is 0 Å². The van der Waals surface area contributed by atoms with Crippen LogP contribution in [0.25, 0.3) is 0 Å². The Labute approximate surface area is 111 Å². The molecular weight excluding hydrogens is 252 g/mol. The van der Waals surface area contributed by atoms with Gasteiger partial charge < -0.3 is 9.47 Å². The van der Waals surface area contributed by atoms with E-state index in [1.807, 2.05) is 24.3 Å². The van der Waals surface area contributed by atoms with Crippen molar-refractivity contribution in [3.8, 4) is 17.4 Å². The Hall–Kier alpha value is -1.81. The Bertz CT molecular complexity index is 485. The highest BCUT2D eigenvalue weighted by Gasteiger charge is 2.00. The van der Waals surface area contributed by atoms with Crippen LogP contribution in [0.5, 0.6) is 17.4 Å². The molecule has 0 saturated heterocycles. The molecule has 18 heavy (non-hydrogen) atoms. The van der Waals surface area contributed by atoms with Crippen molar-refractivity contribution < 1.29 is 9.47 Å². The third-order valence-corrected chi connectivity index (χ3v) is 2.33. The molecule has 1 aromatic heterocycles. The number of aromatic nitrogens is 2. The highest BCUT2D eigenvalue weighted by Crippen LogP contribution is 2.22. The fourth-order valence-corrected chi connectivity index (χ4v) is 1.40. The molecule has 0 fully saturated rings. The summed E-state index contributed by atoms with van der Waals surface area (Å²) in [4.78, 5) is 0. The van der Waals surface area contributed by atoms with E-state index in [0.29, 0.717) is 23.4 Å². The maximum atomic E-state index is 5.64. The van der Waals surface area contributed by atoms with Gasteiger partial charge in [-0.3, -0.25) is 0 Å². The van der Waals surface area contributed by atoms with Crippen LogP contribution in [0, 0.1) is 0 Å². The maximum absolute atomic E-state index is 5.64. The number of hydrogen-bond acceptors (Lipinski definition) is 4. The smallest absolute Gasteiger partial charge is 0.238 e. The summed E-state index contributed by atoms with van der Waals surface area (Å²) in [5, 5.41) is 7.85. The average Bonchev–Trinajstić information content (AvgIpc) is 2.41. The van der Waals surface area contributed by atoms with Crippen molar-refractivity contribution in [1.29, 1.82) is 0 Å². The highest BCUT2D eigenvalue weighted by atomic mass is 35.5. The molecule has 5 heteroatoms. The standard InChI is InChI=1S/C13H13ClN2O2/c1-2-9-17-10-3-5-11(6-4-10)18-13-8-7-12(14)15-16-13/h3-8H,2,9H2,1H3. The highest BCUT2D eigenvalue weighted by molar-refractivity contribution is 6.29. The molecule has 1 aromatic carbocycles. The minimum atomic E-state index is 0.339. The summed E-state index contributed by atoms with van der Waals surface area (Å²) in [5.74, 6) is 1.91. The van der Waals surface area contributed by atoms with Gasteiger partial charge in [-0.05, 0) is 36.8 Å². The van der Waals surface area contributed by atoms with Crippen molar-refractivity contribution in [1.82, 2.24) is 10.2 Å². The second kappa shape index (κ2) is 6.21. The van der Waals surface area contributed by atoms with E-state index in [-0.39, 0.29) is 0 Å². The van der Waals surface area contributed by atoms with E-state index in [9.17, 15) is 0 Å². The van der Waals surface area contributed by atoms with Crippen LogP contribution in [-0.4, -0.2) is 16.8 Å². The minimum Gasteiger partial charge on any atom is -0.494 e. The van der Waals surface area contributed by atoms with E-state index in [1.165, 1.54) is 0 Å². The van der Waals surface area contributed by atoms with E-state index < -0.39 is 0 Å². The zero-order valence-electron chi connectivity index (χ0n) is 9.97.